The number of benzene rings is 2. The number of nitrogens with one attached hydrogen (secondary N) is 2. The first-order valence-corrected chi connectivity index (χ1v) is 12.9. The van der Waals surface area contributed by atoms with Crippen molar-refractivity contribution in [1.82, 2.24) is 10.6 Å². The molecule has 0 fully saturated rings. The Hall–Kier alpha value is -3.73. The molecule has 37 heavy (non-hydrogen) atoms. The van der Waals surface area contributed by atoms with Gasteiger partial charge in [0.2, 0.25) is 0 Å². The van der Waals surface area contributed by atoms with Gasteiger partial charge in [0, 0.05) is 11.5 Å². The summed E-state index contributed by atoms with van der Waals surface area (Å²) in [5.41, 5.74) is 1.59. The van der Waals surface area contributed by atoms with Gasteiger partial charge in [0.05, 0.1) is 13.2 Å². The largest absolute Gasteiger partial charge is 0.464 e. The van der Waals surface area contributed by atoms with Gasteiger partial charge in [-0.2, -0.15) is 11.8 Å². The third kappa shape index (κ3) is 11.7. The molecule has 0 unspecified atom stereocenters. The average molecular weight is 533 g/mol. The molecule has 0 spiro atoms. The fourth-order valence-corrected chi connectivity index (χ4v) is 3.99. The van der Waals surface area contributed by atoms with Gasteiger partial charge in [-0.15, -0.1) is 0 Å². The third-order valence-corrected chi connectivity index (χ3v) is 5.86. The zero-order valence-corrected chi connectivity index (χ0v) is 21.7. The van der Waals surface area contributed by atoms with Crippen LogP contribution in [-0.4, -0.2) is 60.9 Å². The van der Waals surface area contributed by atoms with Gasteiger partial charge in [0.1, 0.15) is 25.3 Å². The molecule has 2 N–H and O–H groups in total. The molecule has 2 aromatic rings. The number of amides is 2. The molecule has 11 heteroatoms. The van der Waals surface area contributed by atoms with Crippen LogP contribution in [0.4, 0.5) is 9.59 Å². The highest BCUT2D eigenvalue weighted by Crippen LogP contribution is 2.10. The van der Waals surface area contributed by atoms with Crippen molar-refractivity contribution in [2.24, 2.45) is 0 Å². The Bertz CT molecular complexity index is 911. The fourth-order valence-electron chi connectivity index (χ4n) is 2.94. The molecule has 0 aliphatic heterocycles. The summed E-state index contributed by atoms with van der Waals surface area (Å²) in [6.45, 7) is 3.63. The minimum Gasteiger partial charge on any atom is -0.464 e. The molecule has 2 rings (SSSR count). The summed E-state index contributed by atoms with van der Waals surface area (Å²) in [7, 11) is 0. The van der Waals surface area contributed by atoms with E-state index in [1.807, 2.05) is 36.4 Å². The van der Waals surface area contributed by atoms with Gasteiger partial charge in [0.25, 0.3) is 0 Å². The maximum absolute atomic E-state index is 12.4. The quantitative estimate of drug-likeness (QED) is 0.278. The summed E-state index contributed by atoms with van der Waals surface area (Å²) in [6.07, 6.45) is -1.57. The Labute approximate surface area is 220 Å². The summed E-state index contributed by atoms with van der Waals surface area (Å²) in [5, 5.41) is 4.99. The maximum Gasteiger partial charge on any atom is 0.408 e. The van der Waals surface area contributed by atoms with Gasteiger partial charge in [-0.1, -0.05) is 60.7 Å². The van der Waals surface area contributed by atoms with E-state index in [-0.39, 0.29) is 37.9 Å². The summed E-state index contributed by atoms with van der Waals surface area (Å²) in [6, 6.07) is 16.1. The molecule has 0 aliphatic rings. The number of rotatable bonds is 14. The summed E-state index contributed by atoms with van der Waals surface area (Å²) >= 11 is 1.15. The van der Waals surface area contributed by atoms with Crippen LogP contribution in [-0.2, 0) is 41.8 Å². The summed E-state index contributed by atoms with van der Waals surface area (Å²) in [5.74, 6) is -1.16. The van der Waals surface area contributed by atoms with Crippen molar-refractivity contribution in [1.29, 1.82) is 0 Å². The number of ether oxygens (including phenoxy) is 4. The number of hydrogen-bond donors (Lipinski definition) is 2. The van der Waals surface area contributed by atoms with E-state index >= 15 is 0 Å². The highest BCUT2D eigenvalue weighted by molar-refractivity contribution is 7.99. The van der Waals surface area contributed by atoms with Gasteiger partial charge in [-0.3, -0.25) is 0 Å². The van der Waals surface area contributed by atoms with Gasteiger partial charge in [-0.05, 0) is 25.0 Å². The molecule has 2 atom stereocenters. The van der Waals surface area contributed by atoms with Crippen LogP contribution in [0.15, 0.2) is 60.7 Å². The Morgan fingerprint density at radius 2 is 1.03 bits per heavy atom. The normalized spacial score (nSPS) is 11.9. The number of carbonyl (C=O) groups is 4. The smallest absolute Gasteiger partial charge is 0.408 e. The van der Waals surface area contributed by atoms with E-state index in [0.717, 1.165) is 22.9 Å². The van der Waals surface area contributed by atoms with E-state index in [4.69, 9.17) is 18.9 Å². The minimum atomic E-state index is -1.03. The lowest BCUT2D eigenvalue weighted by atomic mass is 10.2. The second kappa shape index (κ2) is 16.9. The third-order valence-electron chi connectivity index (χ3n) is 4.72. The lowest BCUT2D eigenvalue weighted by Crippen LogP contribution is -2.46. The first-order chi connectivity index (χ1) is 17.9. The lowest BCUT2D eigenvalue weighted by Gasteiger charge is -2.20. The molecule has 0 radical (unpaired) electrons. The van der Waals surface area contributed by atoms with Crippen LogP contribution >= 0.6 is 11.8 Å². The highest BCUT2D eigenvalue weighted by atomic mass is 32.2. The highest BCUT2D eigenvalue weighted by Gasteiger charge is 2.27. The number of carbonyl (C=O) groups excluding carboxylic acids is 4. The van der Waals surface area contributed by atoms with Crippen molar-refractivity contribution >= 4 is 35.9 Å². The predicted molar refractivity (Wildman–Crippen MR) is 138 cm³/mol. The van der Waals surface area contributed by atoms with Crippen molar-refractivity contribution in [2.75, 3.05) is 24.7 Å². The van der Waals surface area contributed by atoms with Crippen LogP contribution in [0.1, 0.15) is 25.0 Å². The van der Waals surface area contributed by atoms with Crippen LogP contribution in [0.3, 0.4) is 0 Å². The Kier molecular flexibility index (Phi) is 13.4. The lowest BCUT2D eigenvalue weighted by molar-refractivity contribution is -0.145. The Balaban J connectivity index is 1.90. The number of hydrogen-bond acceptors (Lipinski definition) is 9. The fraction of sp³-hybridized carbons (Fsp3) is 0.385. The molecule has 0 saturated carbocycles. The van der Waals surface area contributed by atoms with Crippen LogP contribution < -0.4 is 10.6 Å². The second-order valence-electron chi connectivity index (χ2n) is 7.56. The molecular formula is C26H32N2O8S. The van der Waals surface area contributed by atoms with Crippen molar-refractivity contribution in [2.45, 2.75) is 39.1 Å². The zero-order valence-electron chi connectivity index (χ0n) is 20.8. The van der Waals surface area contributed by atoms with Crippen molar-refractivity contribution in [3.63, 3.8) is 0 Å². The molecule has 0 saturated heterocycles. The van der Waals surface area contributed by atoms with Gasteiger partial charge in [0.15, 0.2) is 0 Å². The molecule has 0 aromatic heterocycles. The van der Waals surface area contributed by atoms with Crippen LogP contribution in [0.2, 0.25) is 0 Å². The van der Waals surface area contributed by atoms with Crippen molar-refractivity contribution < 1.29 is 38.1 Å². The summed E-state index contributed by atoms with van der Waals surface area (Å²) < 4.78 is 20.5. The predicted octanol–water partition coefficient (Wildman–Crippen LogP) is 3.44. The molecule has 10 nitrogen and oxygen atoms in total. The molecule has 0 bridgehead atoms. The van der Waals surface area contributed by atoms with E-state index in [2.05, 4.69) is 10.6 Å². The number of esters is 2. The van der Waals surface area contributed by atoms with E-state index in [1.165, 1.54) is 0 Å². The monoisotopic (exact) mass is 532 g/mol. The topological polar surface area (TPSA) is 129 Å². The van der Waals surface area contributed by atoms with Gasteiger partial charge in [-0.25, -0.2) is 19.2 Å². The molecule has 0 heterocycles. The Morgan fingerprint density at radius 1 is 0.649 bits per heavy atom. The van der Waals surface area contributed by atoms with Gasteiger partial charge >= 0.3 is 24.1 Å². The SMILES string of the molecule is CCOC(=O)[C@H](CSC[C@H](NC(=O)OCc1ccccc1)C(=O)OCC)NC(=O)OCc1ccccc1. The number of alkyl carbamates (subject to hydrolysis) is 2. The molecular weight excluding hydrogens is 500 g/mol. The van der Waals surface area contributed by atoms with Crippen molar-refractivity contribution in [3.8, 4) is 0 Å². The molecule has 2 amide bonds. The molecule has 0 aliphatic carbocycles. The van der Waals surface area contributed by atoms with E-state index < -0.39 is 36.2 Å². The van der Waals surface area contributed by atoms with E-state index in [1.54, 1.807) is 38.1 Å². The summed E-state index contributed by atoms with van der Waals surface area (Å²) in [4.78, 5) is 49.3. The zero-order chi connectivity index (χ0) is 26.9. The first kappa shape index (κ1) is 29.5. The minimum absolute atomic E-state index is 0.0370. The van der Waals surface area contributed by atoms with Crippen LogP contribution in [0.5, 0.6) is 0 Å². The Morgan fingerprint density at radius 3 is 1.38 bits per heavy atom. The van der Waals surface area contributed by atoms with Crippen LogP contribution in [0.25, 0.3) is 0 Å². The first-order valence-electron chi connectivity index (χ1n) is 11.8. The van der Waals surface area contributed by atoms with Crippen LogP contribution in [0, 0.1) is 0 Å². The number of thioether (sulfide) groups is 1. The standard InChI is InChI=1S/C26H32N2O8S/c1-3-33-23(29)21(27-25(31)35-15-19-11-7-5-8-12-19)17-37-18-22(24(30)34-4-2)28-26(32)36-16-20-13-9-6-10-14-20/h5-14,21-22H,3-4,15-18H2,1-2H3,(H,27,31)(H,28,32)/t21-,22-/m0/s1. The second-order valence-corrected chi connectivity index (χ2v) is 8.63. The van der Waals surface area contributed by atoms with E-state index in [9.17, 15) is 19.2 Å². The van der Waals surface area contributed by atoms with Gasteiger partial charge < -0.3 is 29.6 Å². The average Bonchev–Trinajstić information content (AvgIpc) is 2.91. The van der Waals surface area contributed by atoms with Crippen molar-refractivity contribution in [3.05, 3.63) is 71.8 Å². The van der Waals surface area contributed by atoms with E-state index in [0.29, 0.717) is 0 Å². The molecule has 2 aromatic carbocycles. The maximum atomic E-state index is 12.4. The molecule has 200 valence electrons.